The Morgan fingerprint density at radius 1 is 1.08 bits per heavy atom. The van der Waals surface area contributed by atoms with Crippen LogP contribution in [-0.4, -0.2) is 9.97 Å². The van der Waals surface area contributed by atoms with Gasteiger partial charge >= 0.3 is 0 Å². The Morgan fingerprint density at radius 3 is 2.75 bits per heavy atom. The monoisotopic (exact) mass is 319 g/mol. The SMILES string of the molecule is C=Cc1cc(Oc2ccnc(Nc3cccc(N)c3)n2)ccc1N. The number of anilines is 4. The van der Waals surface area contributed by atoms with Gasteiger partial charge in [0.25, 0.3) is 0 Å². The predicted octanol–water partition coefficient (Wildman–Crippen LogP) is 3.82. The highest BCUT2D eigenvalue weighted by Gasteiger charge is 2.04. The molecule has 0 aliphatic heterocycles. The maximum atomic E-state index is 5.84. The van der Waals surface area contributed by atoms with Crippen LogP contribution in [0.5, 0.6) is 11.6 Å². The van der Waals surface area contributed by atoms with Crippen molar-refractivity contribution in [3.05, 3.63) is 66.9 Å². The standard InChI is InChI=1S/C18H17N5O/c1-2-12-10-15(6-7-16(12)20)24-17-8-9-21-18(23-17)22-14-5-3-4-13(19)11-14/h2-11H,1,19-20H2,(H,21,22,23). The van der Waals surface area contributed by atoms with Crippen molar-refractivity contribution in [3.63, 3.8) is 0 Å². The number of hydrogen-bond acceptors (Lipinski definition) is 6. The molecule has 1 heterocycles. The molecule has 6 heteroatoms. The Kier molecular flexibility index (Phi) is 4.29. The fourth-order valence-corrected chi connectivity index (χ4v) is 2.12. The van der Waals surface area contributed by atoms with Gasteiger partial charge in [0.15, 0.2) is 0 Å². The number of benzene rings is 2. The molecular formula is C18H17N5O. The smallest absolute Gasteiger partial charge is 0.230 e. The fraction of sp³-hybridized carbons (Fsp3) is 0. The predicted molar refractivity (Wildman–Crippen MR) is 97.2 cm³/mol. The number of nitrogens with two attached hydrogens (primary N) is 2. The summed E-state index contributed by atoms with van der Waals surface area (Å²) in [5, 5.41) is 3.08. The molecule has 0 aliphatic rings. The van der Waals surface area contributed by atoms with E-state index in [9.17, 15) is 0 Å². The van der Waals surface area contributed by atoms with E-state index >= 15 is 0 Å². The topological polar surface area (TPSA) is 99.1 Å². The fourth-order valence-electron chi connectivity index (χ4n) is 2.12. The first-order valence-corrected chi connectivity index (χ1v) is 7.29. The first kappa shape index (κ1) is 15.4. The maximum absolute atomic E-state index is 5.84. The quantitative estimate of drug-likeness (QED) is 0.618. The van der Waals surface area contributed by atoms with E-state index in [2.05, 4.69) is 21.9 Å². The molecule has 1 aromatic heterocycles. The average Bonchev–Trinajstić information content (AvgIpc) is 2.57. The van der Waals surface area contributed by atoms with Crippen LogP contribution in [0.25, 0.3) is 6.08 Å². The highest BCUT2D eigenvalue weighted by Crippen LogP contribution is 2.25. The van der Waals surface area contributed by atoms with Crippen LogP contribution < -0.4 is 21.5 Å². The highest BCUT2D eigenvalue weighted by atomic mass is 16.5. The third-order valence-corrected chi connectivity index (χ3v) is 3.27. The lowest BCUT2D eigenvalue weighted by atomic mass is 10.2. The number of nitrogen functional groups attached to an aromatic ring is 2. The second-order valence-corrected chi connectivity index (χ2v) is 5.07. The van der Waals surface area contributed by atoms with Gasteiger partial charge in [0.2, 0.25) is 11.8 Å². The second kappa shape index (κ2) is 6.70. The van der Waals surface area contributed by atoms with Crippen LogP contribution in [0.4, 0.5) is 23.0 Å². The van der Waals surface area contributed by atoms with Crippen molar-refractivity contribution in [2.45, 2.75) is 0 Å². The first-order valence-electron chi connectivity index (χ1n) is 7.29. The third kappa shape index (κ3) is 3.61. The normalized spacial score (nSPS) is 10.2. The van der Waals surface area contributed by atoms with Crippen molar-refractivity contribution in [2.24, 2.45) is 0 Å². The van der Waals surface area contributed by atoms with E-state index in [0.29, 0.717) is 29.0 Å². The van der Waals surface area contributed by atoms with E-state index in [0.717, 1.165) is 11.3 Å². The van der Waals surface area contributed by atoms with Crippen LogP contribution in [0.1, 0.15) is 5.56 Å². The zero-order valence-corrected chi connectivity index (χ0v) is 12.9. The van der Waals surface area contributed by atoms with Gasteiger partial charge in [-0.2, -0.15) is 4.98 Å². The summed E-state index contributed by atoms with van der Waals surface area (Å²) in [7, 11) is 0. The molecule has 3 rings (SSSR count). The second-order valence-electron chi connectivity index (χ2n) is 5.07. The summed E-state index contributed by atoms with van der Waals surface area (Å²) in [5.41, 5.74) is 14.5. The summed E-state index contributed by atoms with van der Waals surface area (Å²) in [6.45, 7) is 3.73. The van der Waals surface area contributed by atoms with Crippen molar-refractivity contribution in [1.82, 2.24) is 9.97 Å². The van der Waals surface area contributed by atoms with E-state index in [1.165, 1.54) is 0 Å². The highest BCUT2D eigenvalue weighted by molar-refractivity contribution is 5.65. The van der Waals surface area contributed by atoms with Gasteiger partial charge in [-0.3, -0.25) is 0 Å². The minimum atomic E-state index is 0.413. The summed E-state index contributed by atoms with van der Waals surface area (Å²) in [5.74, 6) is 1.45. The Labute approximate surface area is 139 Å². The summed E-state index contributed by atoms with van der Waals surface area (Å²) < 4.78 is 5.76. The summed E-state index contributed by atoms with van der Waals surface area (Å²) in [6.07, 6.45) is 3.29. The Balaban J connectivity index is 1.79. The number of nitrogens with zero attached hydrogens (tertiary/aromatic N) is 2. The minimum absolute atomic E-state index is 0.413. The van der Waals surface area contributed by atoms with Crippen LogP contribution in [-0.2, 0) is 0 Å². The van der Waals surface area contributed by atoms with Gasteiger partial charge in [-0.15, -0.1) is 0 Å². The van der Waals surface area contributed by atoms with E-state index in [-0.39, 0.29) is 0 Å². The summed E-state index contributed by atoms with van der Waals surface area (Å²) in [4.78, 5) is 8.50. The molecule has 3 aromatic rings. The van der Waals surface area contributed by atoms with Gasteiger partial charge in [-0.05, 0) is 36.4 Å². The van der Waals surface area contributed by atoms with Gasteiger partial charge < -0.3 is 21.5 Å². The van der Waals surface area contributed by atoms with Crippen molar-refractivity contribution in [2.75, 3.05) is 16.8 Å². The lowest BCUT2D eigenvalue weighted by Gasteiger charge is -2.09. The van der Waals surface area contributed by atoms with Crippen molar-refractivity contribution < 1.29 is 4.74 Å². The molecule has 0 atom stereocenters. The molecule has 120 valence electrons. The van der Waals surface area contributed by atoms with Crippen LogP contribution >= 0.6 is 0 Å². The molecule has 0 bridgehead atoms. The molecule has 0 saturated heterocycles. The maximum Gasteiger partial charge on any atom is 0.230 e. The molecule has 5 N–H and O–H groups in total. The Bertz CT molecular complexity index is 879. The summed E-state index contributed by atoms with van der Waals surface area (Å²) >= 11 is 0. The van der Waals surface area contributed by atoms with E-state index < -0.39 is 0 Å². The van der Waals surface area contributed by atoms with E-state index in [1.54, 1.807) is 42.6 Å². The van der Waals surface area contributed by atoms with Gasteiger partial charge in [0.1, 0.15) is 5.75 Å². The largest absolute Gasteiger partial charge is 0.439 e. The van der Waals surface area contributed by atoms with Gasteiger partial charge in [0.05, 0.1) is 0 Å². The van der Waals surface area contributed by atoms with Gasteiger partial charge in [-0.1, -0.05) is 18.7 Å². The number of rotatable bonds is 5. The zero-order chi connectivity index (χ0) is 16.9. The molecule has 0 radical (unpaired) electrons. The molecule has 2 aromatic carbocycles. The zero-order valence-electron chi connectivity index (χ0n) is 12.9. The van der Waals surface area contributed by atoms with E-state index in [4.69, 9.17) is 16.2 Å². The molecule has 0 aliphatic carbocycles. The third-order valence-electron chi connectivity index (χ3n) is 3.27. The molecule has 0 unspecified atom stereocenters. The molecular weight excluding hydrogens is 302 g/mol. The minimum Gasteiger partial charge on any atom is -0.439 e. The lowest BCUT2D eigenvalue weighted by molar-refractivity contribution is 0.462. The first-order chi connectivity index (χ1) is 11.6. The van der Waals surface area contributed by atoms with Crippen LogP contribution in [0.2, 0.25) is 0 Å². The number of hydrogen-bond donors (Lipinski definition) is 3. The van der Waals surface area contributed by atoms with Crippen LogP contribution in [0, 0.1) is 0 Å². The molecule has 24 heavy (non-hydrogen) atoms. The Morgan fingerprint density at radius 2 is 1.96 bits per heavy atom. The Hall–Kier alpha value is -3.54. The average molecular weight is 319 g/mol. The molecule has 6 nitrogen and oxygen atoms in total. The molecule has 0 amide bonds. The molecule has 0 spiro atoms. The van der Waals surface area contributed by atoms with Crippen molar-refractivity contribution in [3.8, 4) is 11.6 Å². The van der Waals surface area contributed by atoms with Gasteiger partial charge in [0, 0.05) is 34.9 Å². The van der Waals surface area contributed by atoms with Crippen molar-refractivity contribution in [1.29, 1.82) is 0 Å². The molecule has 0 saturated carbocycles. The number of aromatic nitrogens is 2. The lowest BCUT2D eigenvalue weighted by Crippen LogP contribution is -1.99. The van der Waals surface area contributed by atoms with Crippen LogP contribution in [0.15, 0.2) is 61.3 Å². The summed E-state index contributed by atoms with van der Waals surface area (Å²) in [6, 6.07) is 14.3. The number of nitrogens with one attached hydrogen (secondary N) is 1. The van der Waals surface area contributed by atoms with Crippen LogP contribution in [0.3, 0.4) is 0 Å². The van der Waals surface area contributed by atoms with Gasteiger partial charge in [-0.25, -0.2) is 4.98 Å². The van der Waals surface area contributed by atoms with E-state index in [1.807, 2.05) is 18.2 Å². The molecule has 0 fully saturated rings. The number of ether oxygens (including phenoxy) is 1. The van der Waals surface area contributed by atoms with Crippen molar-refractivity contribution >= 4 is 29.1 Å².